The molecule has 27 heavy (non-hydrogen) atoms. The van der Waals surface area contributed by atoms with Crippen LogP contribution in [0.3, 0.4) is 0 Å². The van der Waals surface area contributed by atoms with E-state index >= 15 is 0 Å². The maximum absolute atomic E-state index is 14.1. The maximum Gasteiger partial charge on any atom is 0.317 e. The molecule has 0 aliphatic carbocycles. The average molecular weight is 432 g/mol. The van der Waals surface area contributed by atoms with Gasteiger partial charge in [0.1, 0.15) is 17.2 Å². The fourth-order valence-corrected chi connectivity index (χ4v) is 4.04. The van der Waals surface area contributed by atoms with Crippen molar-refractivity contribution in [1.82, 2.24) is 4.90 Å². The zero-order valence-electron chi connectivity index (χ0n) is 14.6. The number of ether oxygens (including phenoxy) is 1. The Morgan fingerprint density at radius 3 is 2.67 bits per heavy atom. The van der Waals surface area contributed by atoms with Gasteiger partial charge < -0.3 is 9.84 Å². The first kappa shape index (κ1) is 18.2. The van der Waals surface area contributed by atoms with Crippen LogP contribution in [-0.4, -0.2) is 41.2 Å². The van der Waals surface area contributed by atoms with E-state index in [1.165, 1.54) is 6.07 Å². The smallest absolute Gasteiger partial charge is 0.317 e. The molecule has 6 heteroatoms. The van der Waals surface area contributed by atoms with E-state index in [0.717, 1.165) is 22.4 Å². The van der Waals surface area contributed by atoms with Gasteiger partial charge in [-0.3, -0.25) is 9.69 Å². The molecule has 1 fully saturated rings. The predicted octanol–water partition coefficient (Wildman–Crippen LogP) is 4.33. The first-order valence-electron chi connectivity index (χ1n) is 8.87. The topological polar surface area (TPSA) is 49.8 Å². The summed E-state index contributed by atoms with van der Waals surface area (Å²) in [6, 6.07) is 12.9. The summed E-state index contributed by atoms with van der Waals surface area (Å²) in [5, 5.41) is 9.01. The molecule has 0 atom stereocenters. The Balaban J connectivity index is 1.71. The van der Waals surface area contributed by atoms with Crippen molar-refractivity contribution in [3.05, 3.63) is 70.0 Å². The van der Waals surface area contributed by atoms with Gasteiger partial charge in [-0.1, -0.05) is 24.3 Å². The molecule has 0 radical (unpaired) electrons. The van der Waals surface area contributed by atoms with E-state index in [4.69, 9.17) is 9.84 Å². The molecule has 2 aromatic rings. The molecule has 140 valence electrons. The van der Waals surface area contributed by atoms with Gasteiger partial charge in [0.2, 0.25) is 0 Å². The number of likely N-dealkylation sites (tertiary alicyclic amines) is 1. The Labute approximate surface area is 165 Å². The molecule has 2 aliphatic heterocycles. The van der Waals surface area contributed by atoms with Crippen LogP contribution in [0.25, 0.3) is 5.57 Å². The van der Waals surface area contributed by atoms with Crippen molar-refractivity contribution in [1.29, 1.82) is 0 Å². The Morgan fingerprint density at radius 1 is 1.22 bits per heavy atom. The van der Waals surface area contributed by atoms with Crippen LogP contribution in [0.2, 0.25) is 0 Å². The number of carboxylic acid groups (broad SMARTS) is 1. The number of halogens is 2. The second-order valence-corrected chi connectivity index (χ2v) is 7.87. The number of nitrogens with zero attached hydrogens (tertiary/aromatic N) is 1. The number of carbonyl (C=O) groups is 1. The van der Waals surface area contributed by atoms with Gasteiger partial charge in [-0.05, 0) is 51.3 Å². The van der Waals surface area contributed by atoms with Crippen molar-refractivity contribution in [2.45, 2.75) is 18.4 Å². The normalized spacial score (nSPS) is 18.5. The van der Waals surface area contributed by atoms with E-state index in [1.54, 1.807) is 6.07 Å². The highest BCUT2D eigenvalue weighted by Gasteiger charge is 2.39. The van der Waals surface area contributed by atoms with Crippen molar-refractivity contribution in [3.8, 4) is 5.75 Å². The van der Waals surface area contributed by atoms with Crippen molar-refractivity contribution < 1.29 is 19.0 Å². The minimum Gasteiger partial charge on any atom is -0.482 e. The maximum atomic E-state index is 14.1. The van der Waals surface area contributed by atoms with Gasteiger partial charge in [-0.2, -0.15) is 0 Å². The molecular formula is C21H19BrFNO3. The summed E-state index contributed by atoms with van der Waals surface area (Å²) in [7, 11) is 0. The summed E-state index contributed by atoms with van der Waals surface area (Å²) in [6.07, 6.45) is 3.48. The fraction of sp³-hybridized carbons (Fsp3) is 0.286. The zero-order chi connectivity index (χ0) is 19.0. The molecule has 2 heterocycles. The Hall–Kier alpha value is -2.18. The highest BCUT2D eigenvalue weighted by molar-refractivity contribution is 9.10. The van der Waals surface area contributed by atoms with Gasteiger partial charge in [-0.25, -0.2) is 4.39 Å². The van der Waals surface area contributed by atoms with E-state index in [2.05, 4.69) is 22.0 Å². The first-order chi connectivity index (χ1) is 13.0. The van der Waals surface area contributed by atoms with Gasteiger partial charge in [-0.15, -0.1) is 0 Å². The van der Waals surface area contributed by atoms with Gasteiger partial charge in [0.25, 0.3) is 0 Å². The number of carboxylic acids is 1. The van der Waals surface area contributed by atoms with Crippen LogP contribution >= 0.6 is 15.9 Å². The van der Waals surface area contributed by atoms with E-state index in [1.807, 2.05) is 35.2 Å². The lowest BCUT2D eigenvalue weighted by Gasteiger charge is -2.42. The quantitative estimate of drug-likeness (QED) is 0.785. The van der Waals surface area contributed by atoms with Crippen molar-refractivity contribution >= 4 is 27.5 Å². The lowest BCUT2D eigenvalue weighted by molar-refractivity contribution is -0.139. The van der Waals surface area contributed by atoms with Crippen LogP contribution in [0, 0.1) is 5.82 Å². The van der Waals surface area contributed by atoms with E-state index in [-0.39, 0.29) is 12.4 Å². The second kappa shape index (κ2) is 7.09. The Bertz CT molecular complexity index is 919. The fourth-order valence-electron chi connectivity index (χ4n) is 3.80. The number of hydrogen-bond donors (Lipinski definition) is 1. The first-order valence-corrected chi connectivity index (χ1v) is 9.66. The molecule has 0 amide bonds. The molecule has 4 nitrogen and oxygen atoms in total. The van der Waals surface area contributed by atoms with E-state index in [9.17, 15) is 9.18 Å². The summed E-state index contributed by atoms with van der Waals surface area (Å²) < 4.78 is 20.9. The molecular weight excluding hydrogens is 413 g/mol. The van der Waals surface area contributed by atoms with Crippen LogP contribution in [0.4, 0.5) is 4.39 Å². The van der Waals surface area contributed by atoms with Gasteiger partial charge in [0.15, 0.2) is 0 Å². The zero-order valence-corrected chi connectivity index (χ0v) is 16.2. The van der Waals surface area contributed by atoms with Crippen LogP contribution in [0.5, 0.6) is 5.75 Å². The lowest BCUT2D eigenvalue weighted by atomic mass is 9.83. The third-order valence-corrected chi connectivity index (χ3v) is 5.83. The monoisotopic (exact) mass is 431 g/mol. The lowest BCUT2D eigenvalue weighted by Crippen LogP contribution is -2.49. The average Bonchev–Trinajstić information content (AvgIpc) is 2.65. The molecule has 0 bridgehead atoms. The van der Waals surface area contributed by atoms with Gasteiger partial charge in [0.05, 0.1) is 11.0 Å². The molecule has 1 spiro atoms. The standard InChI is InChI=1S/C21H19BrFNO3/c22-17-6-5-14(11-18(17)23)16-12-21(27-19-4-2-1-3-15(16)19)7-9-24(10-8-21)13-20(25)26/h1-6,11-12H,7-10,13H2,(H,25,26). The van der Waals surface area contributed by atoms with Crippen molar-refractivity contribution in [2.24, 2.45) is 0 Å². The van der Waals surface area contributed by atoms with Crippen LogP contribution in [0.15, 0.2) is 53.0 Å². The van der Waals surface area contributed by atoms with E-state index < -0.39 is 11.6 Å². The number of aliphatic carboxylic acids is 1. The number of piperidine rings is 1. The summed E-state index contributed by atoms with van der Waals surface area (Å²) in [4.78, 5) is 12.9. The van der Waals surface area contributed by atoms with Gasteiger partial charge >= 0.3 is 5.97 Å². The largest absolute Gasteiger partial charge is 0.482 e. The summed E-state index contributed by atoms with van der Waals surface area (Å²) >= 11 is 3.21. The summed E-state index contributed by atoms with van der Waals surface area (Å²) in [5.41, 5.74) is 2.20. The molecule has 0 unspecified atom stereocenters. The SMILES string of the molecule is O=C(O)CN1CCC2(C=C(c3ccc(Br)c(F)c3)c3ccccc3O2)CC1. The number of rotatable bonds is 3. The number of para-hydroxylation sites is 1. The second-order valence-electron chi connectivity index (χ2n) is 7.02. The predicted molar refractivity (Wildman–Crippen MR) is 104 cm³/mol. The third kappa shape index (κ3) is 3.64. The van der Waals surface area contributed by atoms with Crippen LogP contribution in [0.1, 0.15) is 24.0 Å². The summed E-state index contributed by atoms with van der Waals surface area (Å²) in [5.74, 6) is -0.338. The van der Waals surface area contributed by atoms with Crippen molar-refractivity contribution in [2.75, 3.05) is 19.6 Å². The highest BCUT2D eigenvalue weighted by atomic mass is 79.9. The molecule has 2 aromatic carbocycles. The van der Waals surface area contributed by atoms with Crippen LogP contribution in [-0.2, 0) is 4.79 Å². The summed E-state index contributed by atoms with van der Waals surface area (Å²) in [6.45, 7) is 1.33. The molecule has 2 aliphatic rings. The highest BCUT2D eigenvalue weighted by Crippen LogP contribution is 2.43. The number of hydrogen-bond acceptors (Lipinski definition) is 3. The Kier molecular flexibility index (Phi) is 4.78. The Morgan fingerprint density at radius 2 is 1.96 bits per heavy atom. The van der Waals surface area contributed by atoms with Gasteiger partial charge in [0, 0.05) is 31.5 Å². The molecule has 1 saturated heterocycles. The third-order valence-electron chi connectivity index (χ3n) is 5.19. The number of fused-ring (bicyclic) bond motifs is 1. The minimum atomic E-state index is -0.817. The van der Waals surface area contributed by atoms with E-state index in [0.29, 0.717) is 30.4 Å². The molecule has 0 saturated carbocycles. The molecule has 0 aromatic heterocycles. The molecule has 1 N–H and O–H groups in total. The minimum absolute atomic E-state index is 0.0428. The molecule has 4 rings (SSSR count). The van der Waals surface area contributed by atoms with Crippen molar-refractivity contribution in [3.63, 3.8) is 0 Å². The number of benzene rings is 2. The van der Waals surface area contributed by atoms with Crippen LogP contribution < -0.4 is 4.74 Å².